The smallest absolute Gasteiger partial charge is 0.220 e. The Labute approximate surface area is 118 Å². The Balaban J connectivity index is 1.92. The van der Waals surface area contributed by atoms with Gasteiger partial charge in [0.05, 0.1) is 18.4 Å². The Kier molecular flexibility index (Phi) is 4.12. The fourth-order valence-corrected chi connectivity index (χ4v) is 1.74. The molecule has 2 rings (SSSR count). The molecule has 6 heteroatoms. The maximum atomic E-state index is 11.7. The van der Waals surface area contributed by atoms with Crippen LogP contribution in [0.5, 0.6) is 0 Å². The minimum atomic E-state index is -0.0151. The van der Waals surface area contributed by atoms with E-state index in [-0.39, 0.29) is 11.3 Å². The summed E-state index contributed by atoms with van der Waals surface area (Å²) in [6.45, 7) is 6.49. The van der Waals surface area contributed by atoms with Gasteiger partial charge >= 0.3 is 0 Å². The monoisotopic (exact) mass is 273 g/mol. The van der Waals surface area contributed by atoms with E-state index in [1.165, 1.54) is 0 Å². The molecule has 1 amide bonds. The van der Waals surface area contributed by atoms with Gasteiger partial charge in [-0.25, -0.2) is 4.68 Å². The number of carbonyl (C=O) groups excluding carboxylic acids is 1. The largest absolute Gasteiger partial charge is 0.350 e. The number of hydrogen-bond acceptors (Lipinski definition) is 4. The lowest BCUT2D eigenvalue weighted by atomic mass is 9.92. The summed E-state index contributed by atoms with van der Waals surface area (Å²) in [6.07, 6.45) is 5.68. The van der Waals surface area contributed by atoms with Crippen molar-refractivity contribution in [1.82, 2.24) is 25.3 Å². The molecule has 0 radical (unpaired) electrons. The summed E-state index contributed by atoms with van der Waals surface area (Å²) in [4.78, 5) is 15.7. The lowest BCUT2D eigenvalue weighted by molar-refractivity contribution is -0.122. The van der Waals surface area contributed by atoms with Crippen molar-refractivity contribution >= 4 is 5.91 Å². The van der Waals surface area contributed by atoms with Crippen LogP contribution in [-0.2, 0) is 11.3 Å². The maximum Gasteiger partial charge on any atom is 0.220 e. The molecule has 20 heavy (non-hydrogen) atoms. The number of rotatable bonds is 4. The summed E-state index contributed by atoms with van der Waals surface area (Å²) < 4.78 is 1.66. The Hall–Kier alpha value is -2.24. The molecule has 0 aliphatic rings. The van der Waals surface area contributed by atoms with Crippen LogP contribution in [0.4, 0.5) is 0 Å². The van der Waals surface area contributed by atoms with Crippen LogP contribution < -0.4 is 5.32 Å². The summed E-state index contributed by atoms with van der Waals surface area (Å²) in [5.74, 6) is 0.0240. The molecular weight excluding hydrogens is 254 g/mol. The standard InChI is InChI=1S/C14H19N5O/c1-14(2,3)8-13(20)16-9-11-10-19(18-17-11)12-4-6-15-7-5-12/h4-7,10H,8-9H2,1-3H3,(H,16,20). The highest BCUT2D eigenvalue weighted by Gasteiger charge is 2.15. The topological polar surface area (TPSA) is 72.7 Å². The van der Waals surface area contributed by atoms with Gasteiger partial charge < -0.3 is 5.32 Å². The Morgan fingerprint density at radius 1 is 1.30 bits per heavy atom. The van der Waals surface area contributed by atoms with Gasteiger partial charge in [-0.05, 0) is 17.5 Å². The summed E-state index contributed by atoms with van der Waals surface area (Å²) >= 11 is 0. The molecule has 6 nitrogen and oxygen atoms in total. The van der Waals surface area contributed by atoms with Crippen LogP contribution in [0.3, 0.4) is 0 Å². The van der Waals surface area contributed by atoms with E-state index in [1.54, 1.807) is 23.3 Å². The summed E-state index contributed by atoms with van der Waals surface area (Å²) in [6, 6.07) is 3.69. The van der Waals surface area contributed by atoms with Gasteiger partial charge in [0, 0.05) is 18.8 Å². The van der Waals surface area contributed by atoms with E-state index >= 15 is 0 Å². The second kappa shape index (κ2) is 5.81. The van der Waals surface area contributed by atoms with Crippen LogP contribution in [0.1, 0.15) is 32.9 Å². The zero-order valence-corrected chi connectivity index (χ0v) is 12.0. The van der Waals surface area contributed by atoms with Gasteiger partial charge in [-0.1, -0.05) is 26.0 Å². The molecule has 0 unspecified atom stereocenters. The molecule has 0 bridgehead atoms. The lowest BCUT2D eigenvalue weighted by Crippen LogP contribution is -2.27. The molecule has 2 aromatic rings. The summed E-state index contributed by atoms with van der Waals surface area (Å²) in [5, 5.41) is 10.9. The van der Waals surface area contributed by atoms with Crippen molar-refractivity contribution in [2.75, 3.05) is 0 Å². The van der Waals surface area contributed by atoms with Gasteiger partial charge in [0.25, 0.3) is 0 Å². The average Bonchev–Trinajstić information content (AvgIpc) is 2.84. The van der Waals surface area contributed by atoms with Crippen molar-refractivity contribution in [3.05, 3.63) is 36.4 Å². The van der Waals surface area contributed by atoms with Crippen LogP contribution in [0.25, 0.3) is 5.69 Å². The van der Waals surface area contributed by atoms with E-state index in [0.717, 1.165) is 11.4 Å². The van der Waals surface area contributed by atoms with Crippen LogP contribution >= 0.6 is 0 Å². The first-order valence-electron chi connectivity index (χ1n) is 6.52. The van der Waals surface area contributed by atoms with E-state index in [2.05, 4.69) is 20.6 Å². The second-order valence-corrected chi connectivity index (χ2v) is 5.87. The molecule has 0 atom stereocenters. The Bertz CT molecular complexity index is 571. The third kappa shape index (κ3) is 4.15. The van der Waals surface area contributed by atoms with Crippen molar-refractivity contribution in [1.29, 1.82) is 0 Å². The molecule has 0 aliphatic carbocycles. The maximum absolute atomic E-state index is 11.7. The molecular formula is C14H19N5O. The van der Waals surface area contributed by atoms with Crippen molar-refractivity contribution in [3.63, 3.8) is 0 Å². The summed E-state index contributed by atoms with van der Waals surface area (Å²) in [7, 11) is 0. The van der Waals surface area contributed by atoms with Gasteiger partial charge in [-0.15, -0.1) is 5.10 Å². The average molecular weight is 273 g/mol. The van der Waals surface area contributed by atoms with Crippen molar-refractivity contribution in [2.45, 2.75) is 33.7 Å². The van der Waals surface area contributed by atoms with Crippen LogP contribution in [-0.4, -0.2) is 25.9 Å². The first kappa shape index (κ1) is 14.2. The molecule has 2 heterocycles. The first-order chi connectivity index (χ1) is 9.44. The van der Waals surface area contributed by atoms with E-state index in [1.807, 2.05) is 32.9 Å². The predicted octanol–water partition coefficient (Wildman–Crippen LogP) is 1.71. The predicted molar refractivity (Wildman–Crippen MR) is 75.1 cm³/mol. The Morgan fingerprint density at radius 2 is 2.00 bits per heavy atom. The van der Waals surface area contributed by atoms with E-state index in [9.17, 15) is 4.79 Å². The molecule has 0 spiro atoms. The third-order valence-electron chi connectivity index (χ3n) is 2.63. The number of nitrogens with one attached hydrogen (secondary N) is 1. The number of aromatic nitrogens is 4. The van der Waals surface area contributed by atoms with E-state index in [0.29, 0.717) is 13.0 Å². The van der Waals surface area contributed by atoms with Gasteiger partial charge in [0.15, 0.2) is 0 Å². The van der Waals surface area contributed by atoms with Crippen LogP contribution in [0.2, 0.25) is 0 Å². The number of nitrogens with zero attached hydrogens (tertiary/aromatic N) is 4. The molecule has 0 aliphatic heterocycles. The highest BCUT2D eigenvalue weighted by atomic mass is 16.1. The zero-order chi connectivity index (χ0) is 14.6. The molecule has 106 valence electrons. The van der Waals surface area contributed by atoms with Crippen molar-refractivity contribution in [2.24, 2.45) is 5.41 Å². The Morgan fingerprint density at radius 3 is 2.65 bits per heavy atom. The fraction of sp³-hybridized carbons (Fsp3) is 0.429. The summed E-state index contributed by atoms with van der Waals surface area (Å²) in [5.41, 5.74) is 1.60. The molecule has 2 aromatic heterocycles. The third-order valence-corrected chi connectivity index (χ3v) is 2.63. The number of amides is 1. The highest BCUT2D eigenvalue weighted by molar-refractivity contribution is 5.76. The fourth-order valence-electron chi connectivity index (χ4n) is 1.74. The van der Waals surface area contributed by atoms with Gasteiger partial charge in [-0.3, -0.25) is 9.78 Å². The number of hydrogen-bond donors (Lipinski definition) is 1. The quantitative estimate of drug-likeness (QED) is 0.920. The first-order valence-corrected chi connectivity index (χ1v) is 6.52. The molecule has 0 aromatic carbocycles. The van der Waals surface area contributed by atoms with Gasteiger partial charge in [-0.2, -0.15) is 0 Å². The molecule has 0 saturated heterocycles. The van der Waals surface area contributed by atoms with Crippen molar-refractivity contribution in [3.8, 4) is 5.69 Å². The second-order valence-electron chi connectivity index (χ2n) is 5.87. The number of carbonyl (C=O) groups is 1. The minimum absolute atomic E-state index is 0.0151. The number of pyridine rings is 1. The zero-order valence-electron chi connectivity index (χ0n) is 12.0. The van der Waals surface area contributed by atoms with Gasteiger partial charge in [0.2, 0.25) is 5.91 Å². The van der Waals surface area contributed by atoms with Crippen molar-refractivity contribution < 1.29 is 4.79 Å². The van der Waals surface area contributed by atoms with E-state index in [4.69, 9.17) is 0 Å². The normalized spacial score (nSPS) is 11.3. The molecule has 0 saturated carbocycles. The highest BCUT2D eigenvalue weighted by Crippen LogP contribution is 2.17. The molecule has 1 N–H and O–H groups in total. The van der Waals surface area contributed by atoms with Crippen LogP contribution in [0, 0.1) is 5.41 Å². The van der Waals surface area contributed by atoms with Crippen LogP contribution in [0.15, 0.2) is 30.7 Å². The molecule has 0 fully saturated rings. The van der Waals surface area contributed by atoms with Gasteiger partial charge in [0.1, 0.15) is 5.69 Å². The minimum Gasteiger partial charge on any atom is -0.350 e. The van der Waals surface area contributed by atoms with E-state index < -0.39 is 0 Å². The lowest BCUT2D eigenvalue weighted by Gasteiger charge is -2.16. The SMILES string of the molecule is CC(C)(C)CC(=O)NCc1cn(-c2ccncc2)nn1.